The fourth-order valence-corrected chi connectivity index (χ4v) is 4.20. The number of carboxylic acids is 1. The fraction of sp³-hybridized carbons (Fsp3) is 0.241. The molecular weight excluding hydrogens is 506 g/mol. The lowest BCUT2D eigenvalue weighted by atomic mass is 10.0. The predicted molar refractivity (Wildman–Crippen MR) is 146 cm³/mol. The molecule has 0 spiro atoms. The minimum Gasteiger partial charge on any atom is -0.478 e. The Bertz CT molecular complexity index is 1340. The van der Waals surface area contributed by atoms with Gasteiger partial charge in [0.2, 0.25) is 0 Å². The third-order valence-corrected chi connectivity index (χ3v) is 6.47. The van der Waals surface area contributed by atoms with Crippen LogP contribution >= 0.6 is 11.6 Å². The van der Waals surface area contributed by atoms with Gasteiger partial charge in [0.1, 0.15) is 5.75 Å². The first-order valence-corrected chi connectivity index (χ1v) is 12.5. The number of hydrogen-bond acceptors (Lipinski definition) is 6. The van der Waals surface area contributed by atoms with Gasteiger partial charge in [0.25, 0.3) is 5.91 Å². The number of likely N-dealkylation sites (tertiary alicyclic amines) is 1. The minimum absolute atomic E-state index is 0.124. The number of hydrazone groups is 1. The number of halogens is 1. The van der Waals surface area contributed by atoms with Crippen molar-refractivity contribution in [3.05, 3.63) is 94.5 Å². The maximum atomic E-state index is 13.2. The molecule has 8 nitrogen and oxygen atoms in total. The molecule has 2 N–H and O–H groups in total. The molecule has 196 valence electrons. The topological polar surface area (TPSA) is 108 Å². The maximum Gasteiger partial charge on any atom is 0.335 e. The molecule has 9 heteroatoms. The zero-order chi connectivity index (χ0) is 27.3. The number of aromatic carboxylic acids is 1. The van der Waals surface area contributed by atoms with Crippen molar-refractivity contribution in [2.24, 2.45) is 5.10 Å². The summed E-state index contributed by atoms with van der Waals surface area (Å²) in [5.74, 6) is -0.738. The van der Waals surface area contributed by atoms with Crippen LogP contribution < -0.4 is 10.2 Å². The van der Waals surface area contributed by atoms with E-state index in [0.717, 1.165) is 5.71 Å². The van der Waals surface area contributed by atoms with E-state index in [1.807, 2.05) is 0 Å². The number of carboxylic acid groups (broad SMARTS) is 1. The van der Waals surface area contributed by atoms with Crippen LogP contribution in [0.25, 0.3) is 0 Å². The summed E-state index contributed by atoms with van der Waals surface area (Å²) < 4.78 is 6.03. The average Bonchev–Trinajstić information content (AvgIpc) is 2.92. The molecular formula is C29H28ClN3O5. The molecule has 1 heterocycles. The highest BCUT2D eigenvalue weighted by Gasteiger charge is 2.35. The van der Waals surface area contributed by atoms with Crippen LogP contribution in [0.3, 0.4) is 0 Å². The zero-order valence-corrected chi connectivity index (χ0v) is 21.9. The van der Waals surface area contributed by atoms with E-state index in [4.69, 9.17) is 21.4 Å². The lowest BCUT2D eigenvalue weighted by Crippen LogP contribution is -2.51. The molecule has 0 saturated carbocycles. The number of ether oxygens (including phenoxy) is 1. The van der Waals surface area contributed by atoms with E-state index >= 15 is 0 Å². The Kier molecular flexibility index (Phi) is 8.12. The molecule has 0 radical (unpaired) electrons. The zero-order valence-electron chi connectivity index (χ0n) is 21.1. The molecule has 1 saturated heterocycles. The van der Waals surface area contributed by atoms with Gasteiger partial charge in [-0.1, -0.05) is 11.6 Å². The predicted octanol–water partition coefficient (Wildman–Crippen LogP) is 5.52. The number of carbonyl (C=O) groups excluding carboxylic acids is 2. The number of nitrogens with one attached hydrogen (secondary N) is 1. The van der Waals surface area contributed by atoms with Crippen LogP contribution in [0.5, 0.6) is 5.75 Å². The number of hydrogen-bond donors (Lipinski definition) is 2. The van der Waals surface area contributed by atoms with E-state index in [9.17, 15) is 14.4 Å². The molecule has 0 atom stereocenters. The van der Waals surface area contributed by atoms with Gasteiger partial charge >= 0.3 is 5.97 Å². The second-order valence-corrected chi connectivity index (χ2v) is 9.87. The van der Waals surface area contributed by atoms with E-state index in [-0.39, 0.29) is 17.3 Å². The van der Waals surface area contributed by atoms with Crippen LogP contribution in [0.15, 0.2) is 77.9 Å². The number of amides is 1. The Hall–Kier alpha value is -4.17. The van der Waals surface area contributed by atoms with Crippen molar-refractivity contribution in [3.8, 4) is 5.75 Å². The molecule has 0 aliphatic carbocycles. The average molecular weight is 534 g/mol. The summed E-state index contributed by atoms with van der Waals surface area (Å²) in [4.78, 5) is 38.6. The SMILES string of the molecule is CC(C)(Oc1ccc(C(=O)c2ccc(Cl)cc2)cc1)C(=O)N1CCC(=NNc2ccc(C(=O)O)cc2)CC1. The Morgan fingerprint density at radius 3 is 1.95 bits per heavy atom. The summed E-state index contributed by atoms with van der Waals surface area (Å²) >= 11 is 5.90. The summed E-state index contributed by atoms with van der Waals surface area (Å²) in [6.45, 7) is 4.49. The van der Waals surface area contributed by atoms with Crippen molar-refractivity contribution in [2.75, 3.05) is 18.5 Å². The summed E-state index contributed by atoms with van der Waals surface area (Å²) in [6, 6.07) is 19.8. The van der Waals surface area contributed by atoms with E-state index < -0.39 is 11.6 Å². The second kappa shape index (κ2) is 11.5. The lowest BCUT2D eigenvalue weighted by Gasteiger charge is -2.34. The number of carbonyl (C=O) groups is 3. The summed E-state index contributed by atoms with van der Waals surface area (Å²) in [5.41, 5.74) is 4.73. The van der Waals surface area contributed by atoms with Crippen molar-refractivity contribution in [1.29, 1.82) is 0 Å². The number of nitrogens with zero attached hydrogens (tertiary/aromatic N) is 2. The van der Waals surface area contributed by atoms with E-state index in [2.05, 4.69) is 10.5 Å². The largest absolute Gasteiger partial charge is 0.478 e. The second-order valence-electron chi connectivity index (χ2n) is 9.44. The summed E-state index contributed by atoms with van der Waals surface area (Å²) in [5, 5.41) is 14.0. The van der Waals surface area contributed by atoms with E-state index in [1.54, 1.807) is 79.4 Å². The number of rotatable bonds is 8. The van der Waals surface area contributed by atoms with Crippen LogP contribution in [0.4, 0.5) is 5.69 Å². The normalized spacial score (nSPS) is 13.6. The lowest BCUT2D eigenvalue weighted by molar-refractivity contribution is -0.145. The van der Waals surface area contributed by atoms with Crippen LogP contribution in [-0.4, -0.2) is 52.1 Å². The van der Waals surface area contributed by atoms with Gasteiger partial charge in [-0.3, -0.25) is 15.0 Å². The highest BCUT2D eigenvalue weighted by molar-refractivity contribution is 6.30. The van der Waals surface area contributed by atoms with Gasteiger partial charge < -0.3 is 14.7 Å². The highest BCUT2D eigenvalue weighted by atomic mass is 35.5. The van der Waals surface area contributed by atoms with Crippen LogP contribution in [0.1, 0.15) is 53.0 Å². The minimum atomic E-state index is -1.10. The Morgan fingerprint density at radius 1 is 0.868 bits per heavy atom. The van der Waals surface area contributed by atoms with Crippen LogP contribution in [-0.2, 0) is 4.79 Å². The standard InChI is InChI=1S/C29H28ClN3O5/c1-29(2,38-25-13-7-20(8-14-25)26(34)19-3-9-22(30)10-4-19)28(37)33-17-15-24(16-18-33)32-31-23-11-5-21(6-12-23)27(35)36/h3-14,31H,15-18H2,1-2H3,(H,35,36). The number of piperidine rings is 1. The molecule has 0 aromatic heterocycles. The first-order chi connectivity index (χ1) is 18.1. The molecule has 4 rings (SSSR count). The Balaban J connectivity index is 1.30. The van der Waals surface area contributed by atoms with Gasteiger partial charge in [0.15, 0.2) is 11.4 Å². The van der Waals surface area contributed by atoms with Gasteiger partial charge in [-0.15, -0.1) is 0 Å². The molecule has 0 bridgehead atoms. The van der Waals surface area contributed by atoms with Gasteiger partial charge in [-0.25, -0.2) is 4.79 Å². The number of anilines is 1. The maximum absolute atomic E-state index is 13.2. The fourth-order valence-electron chi connectivity index (χ4n) is 4.07. The van der Waals surface area contributed by atoms with Crippen molar-refractivity contribution >= 4 is 40.7 Å². The number of benzene rings is 3. The van der Waals surface area contributed by atoms with Gasteiger partial charge in [-0.05, 0) is 86.6 Å². The molecule has 38 heavy (non-hydrogen) atoms. The summed E-state index contributed by atoms with van der Waals surface area (Å²) in [7, 11) is 0. The molecule has 1 aliphatic rings. The van der Waals surface area contributed by atoms with Gasteiger partial charge in [0, 0.05) is 47.8 Å². The smallest absolute Gasteiger partial charge is 0.335 e. The van der Waals surface area contributed by atoms with Gasteiger partial charge in [-0.2, -0.15) is 5.10 Å². The third kappa shape index (κ3) is 6.58. The Morgan fingerprint density at radius 2 is 1.39 bits per heavy atom. The third-order valence-electron chi connectivity index (χ3n) is 6.21. The number of ketones is 1. The first-order valence-electron chi connectivity index (χ1n) is 12.2. The molecule has 1 fully saturated rings. The molecule has 3 aromatic carbocycles. The monoisotopic (exact) mass is 533 g/mol. The van der Waals surface area contributed by atoms with Crippen molar-refractivity contribution < 1.29 is 24.2 Å². The van der Waals surface area contributed by atoms with Crippen LogP contribution in [0.2, 0.25) is 5.02 Å². The molecule has 3 aromatic rings. The van der Waals surface area contributed by atoms with Crippen LogP contribution in [0, 0.1) is 0 Å². The van der Waals surface area contributed by atoms with Crippen molar-refractivity contribution in [1.82, 2.24) is 4.90 Å². The van der Waals surface area contributed by atoms with Gasteiger partial charge in [0.05, 0.1) is 11.3 Å². The highest BCUT2D eigenvalue weighted by Crippen LogP contribution is 2.24. The van der Waals surface area contributed by atoms with Crippen molar-refractivity contribution in [3.63, 3.8) is 0 Å². The van der Waals surface area contributed by atoms with E-state index in [1.165, 1.54) is 12.1 Å². The van der Waals surface area contributed by atoms with Crippen molar-refractivity contribution in [2.45, 2.75) is 32.3 Å². The molecule has 1 aliphatic heterocycles. The Labute approximate surface area is 225 Å². The molecule has 1 amide bonds. The van der Waals surface area contributed by atoms with E-state index in [0.29, 0.717) is 53.5 Å². The first kappa shape index (κ1) is 26.9. The quantitative estimate of drug-likeness (QED) is 0.292. The summed E-state index contributed by atoms with van der Waals surface area (Å²) in [6.07, 6.45) is 1.23. The molecule has 0 unspecified atom stereocenters.